The first-order valence-electron chi connectivity index (χ1n) is 12.1. The standard InChI is InChI=1S/C27H29FO5.C2H6/c1-3-20-12-14-25(26(17-20)32-19-21-9-6-5-7-10-21)33-24-15-13-22(18-23(24)28)31-16-8-11-27(29)30-4-2;1-2/h5-7,9-10,12-15,17-18H,3-4,8,11,16,19H2,1-2H3;1-2H3. The summed E-state index contributed by atoms with van der Waals surface area (Å²) in [6.07, 6.45) is 1.60. The molecule has 0 saturated carbocycles. The van der Waals surface area contributed by atoms with E-state index < -0.39 is 5.82 Å². The summed E-state index contributed by atoms with van der Waals surface area (Å²) in [6, 6.07) is 19.9. The van der Waals surface area contributed by atoms with Crippen molar-refractivity contribution in [3.8, 4) is 23.0 Å². The predicted octanol–water partition coefficient (Wildman–Crippen LogP) is 7.51. The van der Waals surface area contributed by atoms with Crippen LogP contribution in [0.5, 0.6) is 23.0 Å². The first kappa shape index (κ1) is 27.7. The van der Waals surface area contributed by atoms with Crippen LogP contribution >= 0.6 is 0 Å². The van der Waals surface area contributed by atoms with Gasteiger partial charge in [-0.15, -0.1) is 0 Å². The molecule has 0 N–H and O–H groups in total. The molecular weight excluding hydrogens is 447 g/mol. The smallest absolute Gasteiger partial charge is 0.305 e. The zero-order valence-corrected chi connectivity index (χ0v) is 21.0. The molecule has 3 rings (SSSR count). The molecule has 3 aromatic rings. The Kier molecular flexibility index (Phi) is 12.2. The quantitative estimate of drug-likeness (QED) is 0.197. The summed E-state index contributed by atoms with van der Waals surface area (Å²) in [6.45, 7) is 8.84. The molecule has 0 spiro atoms. The van der Waals surface area contributed by atoms with Crippen LogP contribution in [-0.2, 0) is 22.6 Å². The van der Waals surface area contributed by atoms with Crippen molar-refractivity contribution in [2.24, 2.45) is 0 Å². The Bertz CT molecular complexity index is 1040. The fourth-order valence-corrected chi connectivity index (χ4v) is 3.12. The van der Waals surface area contributed by atoms with E-state index in [1.54, 1.807) is 19.1 Å². The molecule has 0 aliphatic heterocycles. The molecule has 5 nitrogen and oxygen atoms in total. The van der Waals surface area contributed by atoms with Gasteiger partial charge in [0.1, 0.15) is 12.4 Å². The lowest BCUT2D eigenvalue weighted by atomic mass is 10.1. The Balaban J connectivity index is 0.00000210. The summed E-state index contributed by atoms with van der Waals surface area (Å²) in [7, 11) is 0. The van der Waals surface area contributed by atoms with E-state index in [0.717, 1.165) is 17.5 Å². The van der Waals surface area contributed by atoms with E-state index in [0.29, 0.717) is 36.9 Å². The lowest BCUT2D eigenvalue weighted by Crippen LogP contribution is -2.06. The van der Waals surface area contributed by atoms with Gasteiger partial charge in [0.25, 0.3) is 0 Å². The van der Waals surface area contributed by atoms with E-state index in [1.165, 1.54) is 12.1 Å². The summed E-state index contributed by atoms with van der Waals surface area (Å²) < 4.78 is 36.9. The molecule has 35 heavy (non-hydrogen) atoms. The highest BCUT2D eigenvalue weighted by molar-refractivity contribution is 5.69. The molecule has 0 bridgehead atoms. The fourth-order valence-electron chi connectivity index (χ4n) is 3.12. The number of ether oxygens (including phenoxy) is 4. The van der Waals surface area contributed by atoms with Crippen molar-refractivity contribution in [1.82, 2.24) is 0 Å². The minimum atomic E-state index is -0.550. The summed E-state index contributed by atoms with van der Waals surface area (Å²) in [5.74, 6) is 0.609. The maximum absolute atomic E-state index is 14.7. The molecule has 3 aromatic carbocycles. The number of halogens is 1. The van der Waals surface area contributed by atoms with Gasteiger partial charge in [-0.05, 0) is 55.2 Å². The first-order chi connectivity index (χ1) is 17.1. The maximum Gasteiger partial charge on any atom is 0.305 e. The minimum absolute atomic E-state index is 0.0719. The summed E-state index contributed by atoms with van der Waals surface area (Å²) in [5, 5.41) is 0. The minimum Gasteiger partial charge on any atom is -0.493 e. The molecule has 0 aromatic heterocycles. The molecule has 0 aliphatic rings. The van der Waals surface area contributed by atoms with E-state index in [4.69, 9.17) is 18.9 Å². The zero-order chi connectivity index (χ0) is 25.5. The Morgan fingerprint density at radius 2 is 1.57 bits per heavy atom. The van der Waals surface area contributed by atoms with Crippen molar-refractivity contribution >= 4 is 5.97 Å². The average molecular weight is 483 g/mol. The van der Waals surface area contributed by atoms with Crippen LogP contribution in [0.15, 0.2) is 66.7 Å². The van der Waals surface area contributed by atoms with Gasteiger partial charge < -0.3 is 18.9 Å². The normalized spacial score (nSPS) is 10.1. The van der Waals surface area contributed by atoms with Crippen LogP contribution in [0.2, 0.25) is 0 Å². The third-order valence-corrected chi connectivity index (χ3v) is 4.88. The number of hydrogen-bond donors (Lipinski definition) is 0. The van der Waals surface area contributed by atoms with E-state index in [9.17, 15) is 9.18 Å². The number of esters is 1. The predicted molar refractivity (Wildman–Crippen MR) is 136 cm³/mol. The van der Waals surface area contributed by atoms with Crippen LogP contribution in [0.3, 0.4) is 0 Å². The Labute approximate surface area is 207 Å². The second-order valence-electron chi connectivity index (χ2n) is 7.36. The Hall–Kier alpha value is -3.54. The fraction of sp³-hybridized carbons (Fsp3) is 0.345. The topological polar surface area (TPSA) is 54.0 Å². The number of carbonyl (C=O) groups is 1. The second kappa shape index (κ2) is 15.4. The molecule has 0 radical (unpaired) electrons. The van der Waals surface area contributed by atoms with Gasteiger partial charge in [0, 0.05) is 12.5 Å². The molecule has 0 aliphatic carbocycles. The third kappa shape index (κ3) is 9.32. The van der Waals surface area contributed by atoms with E-state index >= 15 is 0 Å². The van der Waals surface area contributed by atoms with Gasteiger partial charge in [-0.3, -0.25) is 4.79 Å². The van der Waals surface area contributed by atoms with Gasteiger partial charge in [-0.2, -0.15) is 0 Å². The Morgan fingerprint density at radius 3 is 2.26 bits per heavy atom. The second-order valence-corrected chi connectivity index (χ2v) is 7.36. The molecular formula is C29H35FO5. The summed E-state index contributed by atoms with van der Waals surface area (Å²) >= 11 is 0. The molecule has 6 heteroatoms. The van der Waals surface area contributed by atoms with Crippen LogP contribution in [0.4, 0.5) is 4.39 Å². The molecule has 0 atom stereocenters. The van der Waals surface area contributed by atoms with Gasteiger partial charge in [-0.1, -0.05) is 57.2 Å². The lowest BCUT2D eigenvalue weighted by Gasteiger charge is -2.15. The van der Waals surface area contributed by atoms with Crippen molar-refractivity contribution < 1.29 is 28.1 Å². The van der Waals surface area contributed by atoms with E-state index in [2.05, 4.69) is 6.92 Å². The highest BCUT2D eigenvalue weighted by Gasteiger charge is 2.12. The van der Waals surface area contributed by atoms with Crippen molar-refractivity contribution in [2.45, 2.75) is 53.6 Å². The van der Waals surface area contributed by atoms with E-state index in [1.807, 2.05) is 56.3 Å². The Morgan fingerprint density at radius 1 is 0.829 bits per heavy atom. The van der Waals surface area contributed by atoms with E-state index in [-0.39, 0.29) is 24.7 Å². The average Bonchev–Trinajstić information content (AvgIpc) is 2.89. The highest BCUT2D eigenvalue weighted by atomic mass is 19.1. The highest BCUT2D eigenvalue weighted by Crippen LogP contribution is 2.35. The molecule has 0 amide bonds. The summed E-state index contributed by atoms with van der Waals surface area (Å²) in [4.78, 5) is 11.4. The van der Waals surface area contributed by atoms with Crippen molar-refractivity contribution in [1.29, 1.82) is 0 Å². The SMILES string of the molecule is CC.CCOC(=O)CCCOc1ccc(Oc2ccc(CC)cc2OCc2ccccc2)c(F)c1. The van der Waals surface area contributed by atoms with Crippen LogP contribution < -0.4 is 14.2 Å². The number of carbonyl (C=O) groups excluding carboxylic acids is 1. The largest absolute Gasteiger partial charge is 0.493 e. The number of rotatable bonds is 12. The number of benzene rings is 3. The van der Waals surface area contributed by atoms with Gasteiger partial charge in [0.05, 0.1) is 13.2 Å². The van der Waals surface area contributed by atoms with Crippen molar-refractivity contribution in [2.75, 3.05) is 13.2 Å². The van der Waals surface area contributed by atoms with Crippen molar-refractivity contribution in [3.63, 3.8) is 0 Å². The molecule has 188 valence electrons. The zero-order valence-electron chi connectivity index (χ0n) is 21.0. The third-order valence-electron chi connectivity index (χ3n) is 4.88. The lowest BCUT2D eigenvalue weighted by molar-refractivity contribution is -0.143. The number of hydrogen-bond acceptors (Lipinski definition) is 5. The van der Waals surface area contributed by atoms with Crippen LogP contribution in [-0.4, -0.2) is 19.2 Å². The van der Waals surface area contributed by atoms with Crippen LogP contribution in [0.1, 0.15) is 51.7 Å². The van der Waals surface area contributed by atoms with Gasteiger partial charge in [0.15, 0.2) is 23.1 Å². The molecule has 0 saturated heterocycles. The van der Waals surface area contributed by atoms with Crippen molar-refractivity contribution in [3.05, 3.63) is 83.7 Å². The monoisotopic (exact) mass is 482 g/mol. The van der Waals surface area contributed by atoms with Gasteiger partial charge in [0.2, 0.25) is 0 Å². The van der Waals surface area contributed by atoms with Gasteiger partial charge in [-0.25, -0.2) is 4.39 Å². The first-order valence-corrected chi connectivity index (χ1v) is 12.1. The van der Waals surface area contributed by atoms with Gasteiger partial charge >= 0.3 is 5.97 Å². The molecule has 0 fully saturated rings. The maximum atomic E-state index is 14.7. The summed E-state index contributed by atoms with van der Waals surface area (Å²) in [5.41, 5.74) is 2.12. The molecule has 0 heterocycles. The van der Waals surface area contributed by atoms with Crippen LogP contribution in [0, 0.1) is 5.82 Å². The molecule has 0 unspecified atom stereocenters. The van der Waals surface area contributed by atoms with Crippen LogP contribution in [0.25, 0.3) is 0 Å². The number of aryl methyl sites for hydroxylation is 1.